The number of rotatable bonds is 10. The Morgan fingerprint density at radius 1 is 1.25 bits per heavy atom. The van der Waals surface area contributed by atoms with Crippen LogP contribution in [0.1, 0.15) is 27.2 Å². The largest absolute Gasteiger partial charge is 0.748 e. The zero-order valence-corrected chi connectivity index (χ0v) is 13.4. The van der Waals surface area contributed by atoms with E-state index in [0.717, 1.165) is 13.1 Å². The van der Waals surface area contributed by atoms with Gasteiger partial charge in [-0.1, -0.05) is 6.58 Å². The maximum Gasteiger partial charge on any atom is 0.333 e. The molecule has 0 amide bonds. The summed E-state index contributed by atoms with van der Waals surface area (Å²) >= 11 is 0. The quantitative estimate of drug-likeness (QED) is 0.259. The summed E-state index contributed by atoms with van der Waals surface area (Å²) in [6.45, 7) is 12.1. The van der Waals surface area contributed by atoms with E-state index in [-0.39, 0.29) is 12.4 Å². The highest BCUT2D eigenvalue weighted by Crippen LogP contribution is 2.09. The SMILES string of the molecule is C=C(C)C(=O)OCC[N+](CC)(CC)CCCS(=O)(=O)[O-]. The molecule has 0 aromatic rings. The fraction of sp³-hybridized carbons (Fsp3) is 0.769. The minimum atomic E-state index is -4.17. The molecule has 0 rings (SSSR count). The number of carbonyl (C=O) groups excluding carboxylic acids is 1. The second kappa shape index (κ2) is 8.39. The molecule has 0 N–H and O–H groups in total. The van der Waals surface area contributed by atoms with Crippen molar-refractivity contribution in [2.75, 3.05) is 38.5 Å². The molecule has 0 aromatic heterocycles. The smallest absolute Gasteiger partial charge is 0.333 e. The molecule has 0 aliphatic rings. The zero-order chi connectivity index (χ0) is 15.8. The molecule has 0 spiro atoms. The first-order valence-corrected chi connectivity index (χ1v) is 8.35. The molecule has 6 nitrogen and oxygen atoms in total. The average Bonchev–Trinajstić information content (AvgIpc) is 2.35. The summed E-state index contributed by atoms with van der Waals surface area (Å²) in [6.07, 6.45) is 0.321. The van der Waals surface area contributed by atoms with Crippen molar-refractivity contribution in [2.45, 2.75) is 27.2 Å². The van der Waals surface area contributed by atoms with Crippen LogP contribution < -0.4 is 0 Å². The van der Waals surface area contributed by atoms with E-state index in [1.54, 1.807) is 6.92 Å². The third kappa shape index (κ3) is 7.62. The summed E-state index contributed by atoms with van der Waals surface area (Å²) in [5.74, 6) is -0.768. The summed E-state index contributed by atoms with van der Waals surface area (Å²) in [6, 6.07) is 0. The van der Waals surface area contributed by atoms with Gasteiger partial charge in [-0.05, 0) is 20.8 Å². The van der Waals surface area contributed by atoms with Crippen LogP contribution in [0.5, 0.6) is 0 Å². The molecule has 0 aliphatic heterocycles. The van der Waals surface area contributed by atoms with Crippen molar-refractivity contribution >= 4 is 16.1 Å². The van der Waals surface area contributed by atoms with Gasteiger partial charge in [-0.2, -0.15) is 0 Å². The molecule has 118 valence electrons. The van der Waals surface area contributed by atoms with Crippen LogP contribution in [-0.4, -0.2) is 62.0 Å². The Hall–Kier alpha value is -0.920. The number of likely N-dealkylation sites (N-methyl/N-ethyl adjacent to an activating group) is 1. The summed E-state index contributed by atoms with van der Waals surface area (Å²) in [5.41, 5.74) is 0.355. The van der Waals surface area contributed by atoms with Crippen molar-refractivity contribution < 1.29 is 27.0 Å². The summed E-state index contributed by atoms with van der Waals surface area (Å²) in [7, 11) is -4.17. The Balaban J connectivity index is 4.38. The first-order valence-electron chi connectivity index (χ1n) is 6.77. The Morgan fingerprint density at radius 2 is 1.80 bits per heavy atom. The number of hydrogen-bond donors (Lipinski definition) is 0. The monoisotopic (exact) mass is 307 g/mol. The fourth-order valence-corrected chi connectivity index (χ4v) is 2.48. The molecule has 0 heterocycles. The van der Waals surface area contributed by atoms with Crippen LogP contribution in [0.4, 0.5) is 0 Å². The topological polar surface area (TPSA) is 83.5 Å². The van der Waals surface area contributed by atoms with Crippen LogP contribution in [0.25, 0.3) is 0 Å². The van der Waals surface area contributed by atoms with Gasteiger partial charge in [0.2, 0.25) is 0 Å². The average molecular weight is 307 g/mol. The van der Waals surface area contributed by atoms with Crippen molar-refractivity contribution in [3.63, 3.8) is 0 Å². The maximum atomic E-state index is 11.3. The molecule has 7 heteroatoms. The minimum Gasteiger partial charge on any atom is -0.748 e. The summed E-state index contributed by atoms with van der Waals surface area (Å²) in [4.78, 5) is 11.3. The molecule has 0 aromatic carbocycles. The molecule has 0 atom stereocenters. The van der Waals surface area contributed by atoms with Crippen LogP contribution in [0.15, 0.2) is 12.2 Å². The molecule has 0 bridgehead atoms. The summed E-state index contributed by atoms with van der Waals surface area (Å²) < 4.78 is 37.6. The third-order valence-corrected chi connectivity index (χ3v) is 4.30. The lowest BCUT2D eigenvalue weighted by atomic mass is 10.3. The molecule has 0 aliphatic carbocycles. The highest BCUT2D eigenvalue weighted by atomic mass is 32.2. The molecule has 0 saturated heterocycles. The summed E-state index contributed by atoms with van der Waals surface area (Å²) in [5, 5.41) is 0. The highest BCUT2D eigenvalue weighted by molar-refractivity contribution is 7.85. The number of carbonyl (C=O) groups is 1. The number of nitrogens with zero attached hydrogens (tertiary/aromatic N) is 1. The first-order chi connectivity index (χ1) is 9.16. The molecular weight excluding hydrogens is 282 g/mol. The Kier molecular flexibility index (Phi) is 8.00. The van der Waals surface area contributed by atoms with Gasteiger partial charge in [-0.15, -0.1) is 0 Å². The number of esters is 1. The van der Waals surface area contributed by atoms with Gasteiger partial charge in [0.05, 0.1) is 29.8 Å². The number of ether oxygens (including phenoxy) is 1. The van der Waals surface area contributed by atoms with Crippen molar-refractivity contribution in [3.8, 4) is 0 Å². The van der Waals surface area contributed by atoms with Crippen LogP contribution in [-0.2, 0) is 19.6 Å². The van der Waals surface area contributed by atoms with Gasteiger partial charge in [-0.3, -0.25) is 0 Å². The first kappa shape index (κ1) is 19.1. The standard InChI is InChI=1S/C13H25NO5S/c1-5-14(6-2,8-7-11-20(16,17)18)9-10-19-13(15)12(3)4/h3,5-11H2,1-2,4H3. The van der Waals surface area contributed by atoms with Gasteiger partial charge >= 0.3 is 5.97 Å². The predicted molar refractivity (Wildman–Crippen MR) is 76.0 cm³/mol. The number of hydrogen-bond acceptors (Lipinski definition) is 5. The van der Waals surface area contributed by atoms with Gasteiger partial charge in [-0.25, -0.2) is 13.2 Å². The molecular formula is C13H25NO5S. The maximum absolute atomic E-state index is 11.3. The van der Waals surface area contributed by atoms with Gasteiger partial charge in [0.15, 0.2) is 0 Å². The van der Waals surface area contributed by atoms with Gasteiger partial charge in [0, 0.05) is 17.7 Å². The van der Waals surface area contributed by atoms with E-state index in [1.165, 1.54) is 0 Å². The van der Waals surface area contributed by atoms with E-state index >= 15 is 0 Å². The minimum absolute atomic E-state index is 0.261. The van der Waals surface area contributed by atoms with E-state index < -0.39 is 16.1 Å². The van der Waals surface area contributed by atoms with Gasteiger partial charge in [0.25, 0.3) is 0 Å². The van der Waals surface area contributed by atoms with Gasteiger partial charge < -0.3 is 13.8 Å². The van der Waals surface area contributed by atoms with Crippen LogP contribution in [0.3, 0.4) is 0 Å². The Labute approximate surface area is 121 Å². The Morgan fingerprint density at radius 3 is 2.20 bits per heavy atom. The molecule has 0 unspecified atom stereocenters. The second-order valence-corrected chi connectivity index (χ2v) is 6.48. The van der Waals surface area contributed by atoms with E-state index in [9.17, 15) is 17.8 Å². The molecule has 0 radical (unpaired) electrons. The van der Waals surface area contributed by atoms with Crippen molar-refractivity contribution in [3.05, 3.63) is 12.2 Å². The third-order valence-electron chi connectivity index (χ3n) is 3.52. The van der Waals surface area contributed by atoms with E-state index in [4.69, 9.17) is 4.74 Å². The molecule has 0 saturated carbocycles. The van der Waals surface area contributed by atoms with E-state index in [1.807, 2.05) is 13.8 Å². The highest BCUT2D eigenvalue weighted by Gasteiger charge is 2.23. The lowest BCUT2D eigenvalue weighted by molar-refractivity contribution is -0.925. The van der Waals surface area contributed by atoms with Crippen LogP contribution >= 0.6 is 0 Å². The van der Waals surface area contributed by atoms with E-state index in [0.29, 0.717) is 29.6 Å². The van der Waals surface area contributed by atoms with Gasteiger partial charge in [0.1, 0.15) is 13.2 Å². The predicted octanol–water partition coefficient (Wildman–Crippen LogP) is 0.898. The second-order valence-electron chi connectivity index (χ2n) is 4.95. The number of quaternary nitrogens is 1. The molecule has 20 heavy (non-hydrogen) atoms. The lowest BCUT2D eigenvalue weighted by Gasteiger charge is -2.36. The van der Waals surface area contributed by atoms with Crippen molar-refractivity contribution in [2.24, 2.45) is 0 Å². The molecule has 0 fully saturated rings. The Bertz CT molecular complexity index is 426. The van der Waals surface area contributed by atoms with Crippen molar-refractivity contribution in [1.82, 2.24) is 0 Å². The fourth-order valence-electron chi connectivity index (χ4n) is 2.00. The lowest BCUT2D eigenvalue weighted by Crippen LogP contribution is -2.51. The normalized spacial score (nSPS) is 12.2. The van der Waals surface area contributed by atoms with Crippen LogP contribution in [0.2, 0.25) is 0 Å². The van der Waals surface area contributed by atoms with E-state index in [2.05, 4.69) is 6.58 Å². The zero-order valence-electron chi connectivity index (χ0n) is 12.6. The van der Waals surface area contributed by atoms with Crippen LogP contribution in [0, 0.1) is 0 Å². The van der Waals surface area contributed by atoms with Crippen molar-refractivity contribution in [1.29, 1.82) is 0 Å².